The Bertz CT molecular complexity index is 1230. The van der Waals surface area contributed by atoms with E-state index >= 15 is 0 Å². The zero-order valence-electron chi connectivity index (χ0n) is 18.1. The SMILES string of the molecule is Cn1cc(-c2ccc3cnc(CC(=O)C4CCN(Cc5cnccn5)CC4)cc3n2)cn1. The van der Waals surface area contributed by atoms with Gasteiger partial charge in [0, 0.05) is 73.6 Å². The first-order valence-electron chi connectivity index (χ1n) is 10.9. The predicted molar refractivity (Wildman–Crippen MR) is 120 cm³/mol. The van der Waals surface area contributed by atoms with Gasteiger partial charge in [-0.25, -0.2) is 4.98 Å². The minimum absolute atomic E-state index is 0.0836. The number of carbonyl (C=O) groups is 1. The van der Waals surface area contributed by atoms with Gasteiger partial charge in [-0.1, -0.05) is 0 Å². The van der Waals surface area contributed by atoms with Gasteiger partial charge in [-0.3, -0.25) is 29.3 Å². The highest BCUT2D eigenvalue weighted by Crippen LogP contribution is 2.23. The van der Waals surface area contributed by atoms with E-state index in [1.54, 1.807) is 29.5 Å². The van der Waals surface area contributed by atoms with Gasteiger partial charge in [0.1, 0.15) is 5.78 Å². The molecule has 0 unspecified atom stereocenters. The maximum atomic E-state index is 12.9. The van der Waals surface area contributed by atoms with Crippen molar-refractivity contribution >= 4 is 16.7 Å². The molecule has 5 heterocycles. The van der Waals surface area contributed by atoms with Crippen LogP contribution in [-0.2, 0) is 24.8 Å². The fraction of sp³-hybridized carbons (Fsp3) is 0.333. The number of hydrogen-bond donors (Lipinski definition) is 0. The highest BCUT2D eigenvalue weighted by atomic mass is 16.1. The van der Waals surface area contributed by atoms with E-state index in [1.165, 1.54) is 0 Å². The second-order valence-electron chi connectivity index (χ2n) is 8.36. The summed E-state index contributed by atoms with van der Waals surface area (Å²) in [5, 5.41) is 5.18. The van der Waals surface area contributed by atoms with Gasteiger partial charge in [-0.15, -0.1) is 0 Å². The summed E-state index contributed by atoms with van der Waals surface area (Å²) in [6.45, 7) is 2.58. The molecule has 0 aliphatic carbocycles. The van der Waals surface area contributed by atoms with Crippen LogP contribution in [0.4, 0.5) is 0 Å². The summed E-state index contributed by atoms with van der Waals surface area (Å²) in [6.07, 6.45) is 12.8. The van der Waals surface area contributed by atoms with Crippen molar-refractivity contribution in [3.05, 3.63) is 66.8 Å². The van der Waals surface area contributed by atoms with E-state index in [0.29, 0.717) is 6.42 Å². The smallest absolute Gasteiger partial charge is 0.142 e. The quantitative estimate of drug-likeness (QED) is 0.467. The Hall–Kier alpha value is -3.52. The highest BCUT2D eigenvalue weighted by Gasteiger charge is 2.25. The van der Waals surface area contributed by atoms with Crippen LogP contribution in [0, 0.1) is 5.92 Å². The van der Waals surface area contributed by atoms with Gasteiger partial charge in [-0.05, 0) is 44.1 Å². The Morgan fingerprint density at radius 1 is 1.06 bits per heavy atom. The van der Waals surface area contributed by atoms with Crippen molar-refractivity contribution in [1.82, 2.24) is 34.6 Å². The number of pyridine rings is 2. The largest absolute Gasteiger partial charge is 0.299 e. The zero-order valence-corrected chi connectivity index (χ0v) is 18.1. The van der Waals surface area contributed by atoms with E-state index in [4.69, 9.17) is 4.98 Å². The van der Waals surface area contributed by atoms with E-state index in [2.05, 4.69) is 25.0 Å². The number of rotatable bonds is 6. The third-order valence-corrected chi connectivity index (χ3v) is 6.03. The molecule has 1 saturated heterocycles. The standard InChI is InChI=1S/C24H25N7O/c1-30-15-19(13-28-30)22-3-2-18-12-27-20(10-23(18)29-22)11-24(32)17-4-8-31(9-5-17)16-21-14-25-6-7-26-21/h2-3,6-7,10,12-15,17H,4-5,8-9,11,16H2,1H3. The minimum atomic E-state index is 0.0836. The van der Waals surface area contributed by atoms with Crippen LogP contribution >= 0.6 is 0 Å². The van der Waals surface area contributed by atoms with Crippen molar-refractivity contribution in [2.75, 3.05) is 13.1 Å². The van der Waals surface area contributed by atoms with Crippen molar-refractivity contribution in [2.45, 2.75) is 25.8 Å². The minimum Gasteiger partial charge on any atom is -0.299 e. The van der Waals surface area contributed by atoms with Gasteiger partial charge in [0.25, 0.3) is 0 Å². The van der Waals surface area contributed by atoms with Gasteiger partial charge in [-0.2, -0.15) is 5.10 Å². The normalized spacial score (nSPS) is 15.3. The van der Waals surface area contributed by atoms with Gasteiger partial charge in [0.05, 0.1) is 23.1 Å². The van der Waals surface area contributed by atoms with E-state index in [0.717, 1.165) is 66.0 Å². The van der Waals surface area contributed by atoms with Crippen molar-refractivity contribution in [3.8, 4) is 11.3 Å². The Balaban J connectivity index is 1.22. The molecule has 0 amide bonds. The van der Waals surface area contributed by atoms with Crippen molar-refractivity contribution in [3.63, 3.8) is 0 Å². The topological polar surface area (TPSA) is 89.7 Å². The maximum absolute atomic E-state index is 12.9. The molecule has 1 aliphatic rings. The molecule has 0 radical (unpaired) electrons. The number of Topliss-reactive ketones (excluding diaryl/α,β-unsaturated/α-hetero) is 1. The molecule has 8 nitrogen and oxygen atoms in total. The molecule has 5 rings (SSSR count). The zero-order chi connectivity index (χ0) is 21.9. The molecule has 0 bridgehead atoms. The molecule has 4 aromatic rings. The lowest BCUT2D eigenvalue weighted by Crippen LogP contribution is -2.36. The first-order chi connectivity index (χ1) is 15.6. The average Bonchev–Trinajstić information content (AvgIpc) is 3.26. The first-order valence-corrected chi connectivity index (χ1v) is 10.9. The second-order valence-corrected chi connectivity index (χ2v) is 8.36. The Morgan fingerprint density at radius 3 is 2.69 bits per heavy atom. The van der Waals surface area contributed by atoms with Crippen LogP contribution in [0.3, 0.4) is 0 Å². The van der Waals surface area contributed by atoms with Gasteiger partial charge in [0.15, 0.2) is 0 Å². The number of carbonyl (C=O) groups excluding carboxylic acids is 1. The van der Waals surface area contributed by atoms with Crippen LogP contribution in [0.5, 0.6) is 0 Å². The molecule has 0 atom stereocenters. The van der Waals surface area contributed by atoms with Crippen LogP contribution in [-0.4, -0.2) is 53.5 Å². The van der Waals surface area contributed by atoms with Crippen LogP contribution in [0.1, 0.15) is 24.2 Å². The van der Waals surface area contributed by atoms with E-state index < -0.39 is 0 Å². The molecule has 1 fully saturated rings. The van der Waals surface area contributed by atoms with Crippen molar-refractivity contribution in [1.29, 1.82) is 0 Å². The van der Waals surface area contributed by atoms with Gasteiger partial charge >= 0.3 is 0 Å². The molecular weight excluding hydrogens is 402 g/mol. The fourth-order valence-electron chi connectivity index (χ4n) is 4.25. The summed E-state index contributed by atoms with van der Waals surface area (Å²) in [7, 11) is 1.89. The van der Waals surface area contributed by atoms with Crippen molar-refractivity contribution in [2.24, 2.45) is 13.0 Å². The van der Waals surface area contributed by atoms with Gasteiger partial charge < -0.3 is 0 Å². The molecular formula is C24H25N7O. The molecule has 0 spiro atoms. The molecule has 0 saturated carbocycles. The third-order valence-electron chi connectivity index (χ3n) is 6.03. The molecule has 0 N–H and O–H groups in total. The number of hydrogen-bond acceptors (Lipinski definition) is 7. The summed E-state index contributed by atoms with van der Waals surface area (Å²) >= 11 is 0. The fourth-order valence-corrected chi connectivity index (χ4v) is 4.25. The summed E-state index contributed by atoms with van der Waals surface area (Å²) in [5.41, 5.74) is 4.43. The molecule has 162 valence electrons. The molecule has 0 aromatic carbocycles. The summed E-state index contributed by atoms with van der Waals surface area (Å²) < 4.78 is 1.76. The Morgan fingerprint density at radius 2 is 1.94 bits per heavy atom. The number of aryl methyl sites for hydroxylation is 1. The Labute approximate surface area is 186 Å². The molecule has 1 aliphatic heterocycles. The molecule has 8 heteroatoms. The maximum Gasteiger partial charge on any atom is 0.142 e. The number of ketones is 1. The van der Waals surface area contributed by atoms with E-state index in [-0.39, 0.29) is 11.7 Å². The lowest BCUT2D eigenvalue weighted by molar-refractivity contribution is -0.123. The first kappa shape index (κ1) is 20.4. The average molecular weight is 428 g/mol. The van der Waals surface area contributed by atoms with Crippen LogP contribution in [0.25, 0.3) is 22.2 Å². The number of piperidine rings is 1. The van der Waals surface area contributed by atoms with Gasteiger partial charge in [0.2, 0.25) is 0 Å². The number of likely N-dealkylation sites (tertiary alicyclic amines) is 1. The molecule has 32 heavy (non-hydrogen) atoms. The lowest BCUT2D eigenvalue weighted by Gasteiger charge is -2.30. The number of nitrogens with zero attached hydrogens (tertiary/aromatic N) is 7. The molecule has 4 aromatic heterocycles. The third kappa shape index (κ3) is 4.55. The Kier molecular flexibility index (Phi) is 5.68. The monoisotopic (exact) mass is 427 g/mol. The van der Waals surface area contributed by atoms with Crippen molar-refractivity contribution < 1.29 is 4.79 Å². The summed E-state index contributed by atoms with van der Waals surface area (Å²) in [6, 6.07) is 5.92. The van der Waals surface area contributed by atoms with E-state index in [1.807, 2.05) is 37.6 Å². The van der Waals surface area contributed by atoms with E-state index in [9.17, 15) is 4.79 Å². The number of aromatic nitrogens is 6. The lowest BCUT2D eigenvalue weighted by atomic mass is 9.90. The summed E-state index contributed by atoms with van der Waals surface area (Å²) in [5.74, 6) is 0.347. The van der Waals surface area contributed by atoms with Crippen LogP contribution in [0.15, 0.2) is 55.4 Å². The second kappa shape index (κ2) is 8.92. The number of fused-ring (bicyclic) bond motifs is 1. The van der Waals surface area contributed by atoms with Crippen LogP contribution in [0.2, 0.25) is 0 Å². The highest BCUT2D eigenvalue weighted by molar-refractivity contribution is 5.85. The van der Waals surface area contributed by atoms with Crippen LogP contribution < -0.4 is 0 Å². The predicted octanol–water partition coefficient (Wildman–Crippen LogP) is 2.84. The summed E-state index contributed by atoms with van der Waals surface area (Å²) in [4.78, 5) is 33.0.